The molecule has 0 aliphatic carbocycles. The maximum atomic E-state index is 12.6. The second-order valence-corrected chi connectivity index (χ2v) is 6.91. The topological polar surface area (TPSA) is 64.6 Å². The van der Waals surface area contributed by atoms with Gasteiger partial charge in [-0.25, -0.2) is 4.79 Å². The van der Waals surface area contributed by atoms with E-state index in [1.165, 1.54) is 7.11 Å². The molecule has 0 spiro atoms. The fourth-order valence-corrected chi connectivity index (χ4v) is 2.89. The molecule has 1 atom stereocenters. The molecule has 0 aliphatic rings. The van der Waals surface area contributed by atoms with Crippen LogP contribution < -0.4 is 10.1 Å². The van der Waals surface area contributed by atoms with Crippen LogP contribution in [0.2, 0.25) is 0 Å². The summed E-state index contributed by atoms with van der Waals surface area (Å²) in [6.07, 6.45) is 0.384. The number of esters is 1. The number of halogens is 1. The number of rotatable bonds is 7. The second-order valence-electron chi connectivity index (χ2n) is 6.05. The summed E-state index contributed by atoms with van der Waals surface area (Å²) in [6.45, 7) is 3.86. The van der Waals surface area contributed by atoms with Crippen LogP contribution in [-0.2, 0) is 16.0 Å². The number of methoxy groups -OCH3 is 1. The maximum absolute atomic E-state index is 12.6. The van der Waals surface area contributed by atoms with E-state index < -0.39 is 12.0 Å². The molecule has 0 bridgehead atoms. The Morgan fingerprint density at radius 2 is 1.81 bits per heavy atom. The third-order valence-electron chi connectivity index (χ3n) is 3.63. The van der Waals surface area contributed by atoms with Gasteiger partial charge < -0.3 is 14.8 Å². The largest absolute Gasteiger partial charge is 0.490 e. The lowest BCUT2D eigenvalue weighted by atomic mass is 10.1. The molecule has 2 aromatic rings. The molecule has 0 heterocycles. The van der Waals surface area contributed by atoms with Crippen molar-refractivity contribution in [2.75, 3.05) is 7.11 Å². The second kappa shape index (κ2) is 9.38. The maximum Gasteiger partial charge on any atom is 0.328 e. The van der Waals surface area contributed by atoms with Crippen molar-refractivity contribution >= 4 is 27.8 Å². The Bertz CT molecular complexity index is 762. The quantitative estimate of drug-likeness (QED) is 0.693. The average molecular weight is 420 g/mol. The number of carbonyl (C=O) groups is 2. The van der Waals surface area contributed by atoms with Gasteiger partial charge >= 0.3 is 5.97 Å². The number of hydrogen-bond donors (Lipinski definition) is 1. The van der Waals surface area contributed by atoms with E-state index in [2.05, 4.69) is 21.2 Å². The van der Waals surface area contributed by atoms with Crippen LogP contribution in [0.1, 0.15) is 29.8 Å². The van der Waals surface area contributed by atoms with Gasteiger partial charge in [-0.2, -0.15) is 0 Å². The third kappa shape index (κ3) is 5.59. The molecule has 6 heteroatoms. The van der Waals surface area contributed by atoms with E-state index in [9.17, 15) is 9.59 Å². The van der Waals surface area contributed by atoms with Crippen molar-refractivity contribution in [3.8, 4) is 5.75 Å². The van der Waals surface area contributed by atoms with Gasteiger partial charge in [-0.1, -0.05) is 30.3 Å². The summed E-state index contributed by atoms with van der Waals surface area (Å²) in [5.74, 6) is -0.181. The SMILES string of the molecule is COC(=O)C(Cc1ccccc1)NC(=O)c1ccc(OC(C)C)c(Br)c1. The Kier molecular flexibility index (Phi) is 7.21. The fourth-order valence-electron chi connectivity index (χ4n) is 2.42. The third-order valence-corrected chi connectivity index (χ3v) is 4.25. The first-order valence-electron chi connectivity index (χ1n) is 8.29. The van der Waals surface area contributed by atoms with Gasteiger partial charge in [0, 0.05) is 12.0 Å². The first kappa shape index (κ1) is 20.0. The minimum atomic E-state index is -0.764. The zero-order valence-corrected chi connectivity index (χ0v) is 16.6. The van der Waals surface area contributed by atoms with Crippen molar-refractivity contribution in [2.45, 2.75) is 32.4 Å². The molecule has 5 nitrogen and oxygen atoms in total. The highest BCUT2D eigenvalue weighted by Crippen LogP contribution is 2.27. The summed E-state index contributed by atoms with van der Waals surface area (Å²) in [4.78, 5) is 24.6. The van der Waals surface area contributed by atoms with E-state index in [1.54, 1.807) is 18.2 Å². The van der Waals surface area contributed by atoms with Crippen LogP contribution in [0.25, 0.3) is 0 Å². The highest BCUT2D eigenvalue weighted by atomic mass is 79.9. The Hall–Kier alpha value is -2.34. The Morgan fingerprint density at radius 3 is 2.38 bits per heavy atom. The lowest BCUT2D eigenvalue weighted by molar-refractivity contribution is -0.142. The highest BCUT2D eigenvalue weighted by Gasteiger charge is 2.23. The smallest absolute Gasteiger partial charge is 0.328 e. The van der Waals surface area contributed by atoms with Gasteiger partial charge in [0.15, 0.2) is 0 Å². The zero-order chi connectivity index (χ0) is 19.1. The van der Waals surface area contributed by atoms with Crippen LogP contribution in [0.5, 0.6) is 5.75 Å². The summed E-state index contributed by atoms with van der Waals surface area (Å²) >= 11 is 3.41. The number of ether oxygens (including phenoxy) is 2. The van der Waals surface area contributed by atoms with Gasteiger partial charge in [0.05, 0.1) is 17.7 Å². The van der Waals surface area contributed by atoms with Crippen LogP contribution in [-0.4, -0.2) is 31.1 Å². The summed E-state index contributed by atoms with van der Waals surface area (Å²) in [5.41, 5.74) is 1.36. The van der Waals surface area contributed by atoms with E-state index in [1.807, 2.05) is 44.2 Å². The van der Waals surface area contributed by atoms with Gasteiger partial charge in [-0.15, -0.1) is 0 Å². The van der Waals surface area contributed by atoms with Crippen LogP contribution in [0.3, 0.4) is 0 Å². The van der Waals surface area contributed by atoms with E-state index in [0.717, 1.165) is 5.56 Å². The van der Waals surface area contributed by atoms with Crippen molar-refractivity contribution in [3.63, 3.8) is 0 Å². The van der Waals surface area contributed by atoms with E-state index in [0.29, 0.717) is 22.2 Å². The van der Waals surface area contributed by atoms with Crippen molar-refractivity contribution in [2.24, 2.45) is 0 Å². The molecule has 2 rings (SSSR count). The standard InChI is InChI=1S/C20H22BrNO4/c1-13(2)26-18-10-9-15(12-16(18)21)19(23)22-17(20(24)25-3)11-14-7-5-4-6-8-14/h4-10,12-13,17H,11H2,1-3H3,(H,22,23). The molecule has 0 saturated carbocycles. The van der Waals surface area contributed by atoms with Crippen molar-refractivity contribution in [1.29, 1.82) is 0 Å². The molecule has 1 amide bonds. The summed E-state index contributed by atoms with van der Waals surface area (Å²) in [5, 5.41) is 2.74. The Balaban J connectivity index is 2.13. The van der Waals surface area contributed by atoms with Gasteiger partial charge in [0.1, 0.15) is 11.8 Å². The van der Waals surface area contributed by atoms with Crippen LogP contribution in [0.4, 0.5) is 0 Å². The van der Waals surface area contributed by atoms with Crippen LogP contribution in [0, 0.1) is 0 Å². The first-order valence-corrected chi connectivity index (χ1v) is 9.08. The van der Waals surface area contributed by atoms with Crippen LogP contribution >= 0.6 is 15.9 Å². The number of hydrogen-bond acceptors (Lipinski definition) is 4. The molecule has 0 radical (unpaired) electrons. The fraction of sp³-hybridized carbons (Fsp3) is 0.300. The van der Waals surface area contributed by atoms with Gasteiger partial charge in [-0.05, 0) is 53.5 Å². The Morgan fingerprint density at radius 1 is 1.12 bits per heavy atom. The summed E-state index contributed by atoms with van der Waals surface area (Å²) in [7, 11) is 1.31. The van der Waals surface area contributed by atoms with Gasteiger partial charge in [-0.3, -0.25) is 4.79 Å². The van der Waals surface area contributed by atoms with E-state index in [-0.39, 0.29) is 12.0 Å². The molecule has 0 aromatic heterocycles. The number of benzene rings is 2. The summed E-state index contributed by atoms with van der Waals surface area (Å²) < 4.78 is 11.1. The summed E-state index contributed by atoms with van der Waals surface area (Å²) in [6, 6.07) is 13.8. The number of amides is 1. The lowest BCUT2D eigenvalue weighted by Crippen LogP contribution is -2.43. The van der Waals surface area contributed by atoms with Crippen LogP contribution in [0.15, 0.2) is 53.0 Å². The zero-order valence-electron chi connectivity index (χ0n) is 15.0. The molecule has 1 N–H and O–H groups in total. The molecule has 1 unspecified atom stereocenters. The average Bonchev–Trinajstić information content (AvgIpc) is 2.62. The molecule has 0 aliphatic heterocycles. The predicted molar refractivity (Wildman–Crippen MR) is 103 cm³/mol. The van der Waals surface area contributed by atoms with Gasteiger partial charge in [0.2, 0.25) is 0 Å². The highest BCUT2D eigenvalue weighted by molar-refractivity contribution is 9.10. The van der Waals surface area contributed by atoms with Crippen molar-refractivity contribution in [3.05, 3.63) is 64.1 Å². The molecular formula is C20H22BrNO4. The van der Waals surface area contributed by atoms with Gasteiger partial charge in [0.25, 0.3) is 5.91 Å². The Labute approximate surface area is 161 Å². The minimum absolute atomic E-state index is 0.0283. The lowest BCUT2D eigenvalue weighted by Gasteiger charge is -2.17. The molecule has 138 valence electrons. The predicted octanol–water partition coefficient (Wildman–Crippen LogP) is 3.75. The monoisotopic (exact) mass is 419 g/mol. The molecular weight excluding hydrogens is 398 g/mol. The normalized spacial score (nSPS) is 11.7. The number of nitrogens with one attached hydrogen (secondary N) is 1. The molecule has 0 saturated heterocycles. The minimum Gasteiger partial charge on any atom is -0.490 e. The van der Waals surface area contributed by atoms with E-state index in [4.69, 9.17) is 9.47 Å². The molecule has 0 fully saturated rings. The molecule has 26 heavy (non-hydrogen) atoms. The van der Waals surface area contributed by atoms with Crippen molar-refractivity contribution in [1.82, 2.24) is 5.32 Å². The first-order chi connectivity index (χ1) is 12.4. The van der Waals surface area contributed by atoms with Crippen molar-refractivity contribution < 1.29 is 19.1 Å². The number of carbonyl (C=O) groups excluding carboxylic acids is 2. The molecule has 2 aromatic carbocycles. The van der Waals surface area contributed by atoms with E-state index >= 15 is 0 Å².